The van der Waals surface area contributed by atoms with Crippen molar-refractivity contribution in [1.82, 2.24) is 15.0 Å². The number of fused-ring (bicyclic) bond motifs is 1. The molecule has 1 fully saturated rings. The third kappa shape index (κ3) is 2.51. The SMILES string of the molecule is CCCn1c(CC(NN)C2CC2)nc2ccccc21. The van der Waals surface area contributed by atoms with E-state index in [1.165, 1.54) is 18.4 Å². The largest absolute Gasteiger partial charge is 0.328 e. The van der Waals surface area contributed by atoms with Gasteiger partial charge in [-0.1, -0.05) is 19.1 Å². The Morgan fingerprint density at radius 3 is 2.89 bits per heavy atom. The molecule has 3 N–H and O–H groups in total. The summed E-state index contributed by atoms with van der Waals surface area (Å²) < 4.78 is 2.35. The van der Waals surface area contributed by atoms with Crippen molar-refractivity contribution in [2.75, 3.05) is 0 Å². The molecule has 102 valence electrons. The zero-order valence-corrected chi connectivity index (χ0v) is 11.5. The van der Waals surface area contributed by atoms with E-state index in [4.69, 9.17) is 10.8 Å². The van der Waals surface area contributed by atoms with Crippen LogP contribution in [0, 0.1) is 5.92 Å². The molecule has 1 unspecified atom stereocenters. The number of nitrogens with zero attached hydrogens (tertiary/aromatic N) is 2. The van der Waals surface area contributed by atoms with E-state index in [0.717, 1.165) is 36.6 Å². The molecule has 1 aromatic carbocycles. The van der Waals surface area contributed by atoms with E-state index in [1.54, 1.807) is 0 Å². The number of aryl methyl sites for hydroxylation is 1. The van der Waals surface area contributed by atoms with Crippen LogP contribution in [0.4, 0.5) is 0 Å². The molecule has 0 bridgehead atoms. The summed E-state index contributed by atoms with van der Waals surface area (Å²) in [5, 5.41) is 0. The van der Waals surface area contributed by atoms with Crippen LogP contribution in [0.1, 0.15) is 32.0 Å². The molecule has 1 atom stereocenters. The van der Waals surface area contributed by atoms with Crippen molar-refractivity contribution < 1.29 is 0 Å². The van der Waals surface area contributed by atoms with Gasteiger partial charge >= 0.3 is 0 Å². The zero-order valence-electron chi connectivity index (χ0n) is 11.5. The van der Waals surface area contributed by atoms with Crippen LogP contribution in [0.5, 0.6) is 0 Å². The van der Waals surface area contributed by atoms with Crippen molar-refractivity contribution in [3.05, 3.63) is 30.1 Å². The number of benzene rings is 1. The van der Waals surface area contributed by atoms with Gasteiger partial charge in [0, 0.05) is 19.0 Å². The van der Waals surface area contributed by atoms with Crippen molar-refractivity contribution in [3.8, 4) is 0 Å². The molecule has 1 aliphatic carbocycles. The van der Waals surface area contributed by atoms with Crippen LogP contribution in [0.3, 0.4) is 0 Å². The Kier molecular flexibility index (Phi) is 3.53. The normalized spacial score (nSPS) is 16.9. The number of nitrogens with two attached hydrogens (primary N) is 1. The monoisotopic (exact) mass is 258 g/mol. The van der Waals surface area contributed by atoms with E-state index >= 15 is 0 Å². The number of nitrogens with one attached hydrogen (secondary N) is 1. The summed E-state index contributed by atoms with van der Waals surface area (Å²) in [5.41, 5.74) is 5.31. The standard InChI is InChI=1S/C15H22N4/c1-2-9-19-14-6-4-3-5-12(14)17-15(19)10-13(18-16)11-7-8-11/h3-6,11,13,18H,2,7-10,16H2,1H3. The van der Waals surface area contributed by atoms with Gasteiger partial charge in [-0.3, -0.25) is 11.3 Å². The Morgan fingerprint density at radius 1 is 1.42 bits per heavy atom. The molecule has 0 saturated heterocycles. The van der Waals surface area contributed by atoms with Gasteiger partial charge in [-0.15, -0.1) is 0 Å². The van der Waals surface area contributed by atoms with E-state index in [-0.39, 0.29) is 0 Å². The summed E-state index contributed by atoms with van der Waals surface area (Å²) in [6.45, 7) is 3.23. The quantitative estimate of drug-likeness (QED) is 0.617. The molecule has 3 rings (SSSR count). The molecule has 4 heteroatoms. The molecule has 4 nitrogen and oxygen atoms in total. The fourth-order valence-electron chi connectivity index (χ4n) is 2.81. The number of aromatic nitrogens is 2. The smallest absolute Gasteiger partial charge is 0.111 e. The lowest BCUT2D eigenvalue weighted by Crippen LogP contribution is -2.39. The Balaban J connectivity index is 1.94. The molecule has 1 saturated carbocycles. The summed E-state index contributed by atoms with van der Waals surface area (Å²) in [4.78, 5) is 4.80. The number of hydrogen-bond donors (Lipinski definition) is 2. The molecule has 2 aromatic rings. The summed E-state index contributed by atoms with van der Waals surface area (Å²) in [6, 6.07) is 8.75. The van der Waals surface area contributed by atoms with Crippen molar-refractivity contribution in [1.29, 1.82) is 0 Å². The third-order valence-corrected chi connectivity index (χ3v) is 3.99. The highest BCUT2D eigenvalue weighted by Crippen LogP contribution is 2.34. The highest BCUT2D eigenvalue weighted by Gasteiger charge is 2.31. The van der Waals surface area contributed by atoms with Gasteiger partial charge in [0.2, 0.25) is 0 Å². The van der Waals surface area contributed by atoms with E-state index in [1.807, 2.05) is 0 Å². The summed E-state index contributed by atoms with van der Waals surface area (Å²) in [6.07, 6.45) is 4.64. The molecule has 0 radical (unpaired) electrons. The second-order valence-electron chi connectivity index (χ2n) is 5.48. The lowest BCUT2D eigenvalue weighted by atomic mass is 10.1. The van der Waals surface area contributed by atoms with Gasteiger partial charge in [0.15, 0.2) is 0 Å². The Morgan fingerprint density at radius 2 is 2.21 bits per heavy atom. The van der Waals surface area contributed by atoms with Gasteiger partial charge in [0.25, 0.3) is 0 Å². The lowest BCUT2D eigenvalue weighted by molar-refractivity contribution is 0.454. The van der Waals surface area contributed by atoms with Crippen LogP contribution in [-0.2, 0) is 13.0 Å². The summed E-state index contributed by atoms with van der Waals surface area (Å²) in [5.74, 6) is 7.59. The Bertz CT molecular complexity index is 556. The van der Waals surface area contributed by atoms with Gasteiger partial charge < -0.3 is 4.57 Å². The van der Waals surface area contributed by atoms with Crippen molar-refractivity contribution in [3.63, 3.8) is 0 Å². The van der Waals surface area contributed by atoms with Crippen molar-refractivity contribution >= 4 is 11.0 Å². The first-order valence-corrected chi connectivity index (χ1v) is 7.23. The third-order valence-electron chi connectivity index (χ3n) is 3.99. The number of imidazole rings is 1. The average Bonchev–Trinajstić information content (AvgIpc) is 3.21. The van der Waals surface area contributed by atoms with Crippen LogP contribution in [-0.4, -0.2) is 15.6 Å². The predicted octanol–water partition coefficient (Wildman–Crippen LogP) is 2.23. The molecule has 1 aliphatic rings. The molecule has 1 heterocycles. The van der Waals surface area contributed by atoms with E-state index < -0.39 is 0 Å². The fraction of sp³-hybridized carbons (Fsp3) is 0.533. The topological polar surface area (TPSA) is 55.9 Å². The molecule has 0 amide bonds. The van der Waals surface area contributed by atoms with Crippen LogP contribution in [0.25, 0.3) is 11.0 Å². The minimum absolute atomic E-state index is 0.368. The number of para-hydroxylation sites is 2. The minimum Gasteiger partial charge on any atom is -0.328 e. The molecular weight excluding hydrogens is 236 g/mol. The summed E-state index contributed by atoms with van der Waals surface area (Å²) >= 11 is 0. The minimum atomic E-state index is 0.368. The highest BCUT2D eigenvalue weighted by molar-refractivity contribution is 5.75. The first-order valence-electron chi connectivity index (χ1n) is 7.23. The van der Waals surface area contributed by atoms with Crippen LogP contribution >= 0.6 is 0 Å². The van der Waals surface area contributed by atoms with Crippen molar-refractivity contribution in [2.45, 2.75) is 45.2 Å². The molecule has 0 spiro atoms. The Hall–Kier alpha value is -1.39. The predicted molar refractivity (Wildman–Crippen MR) is 77.6 cm³/mol. The lowest BCUT2D eigenvalue weighted by Gasteiger charge is -2.15. The highest BCUT2D eigenvalue weighted by atomic mass is 15.2. The van der Waals surface area contributed by atoms with E-state index in [0.29, 0.717) is 6.04 Å². The second-order valence-corrected chi connectivity index (χ2v) is 5.48. The van der Waals surface area contributed by atoms with Crippen LogP contribution in [0.15, 0.2) is 24.3 Å². The number of rotatable bonds is 6. The number of hydrazine groups is 1. The van der Waals surface area contributed by atoms with Crippen LogP contribution < -0.4 is 11.3 Å². The zero-order chi connectivity index (χ0) is 13.2. The van der Waals surface area contributed by atoms with Gasteiger partial charge in [-0.05, 0) is 37.3 Å². The molecule has 0 aliphatic heterocycles. The maximum absolute atomic E-state index is 5.69. The van der Waals surface area contributed by atoms with Crippen LogP contribution in [0.2, 0.25) is 0 Å². The molecule has 19 heavy (non-hydrogen) atoms. The first kappa shape index (κ1) is 12.6. The van der Waals surface area contributed by atoms with E-state index in [2.05, 4.69) is 41.2 Å². The average molecular weight is 258 g/mol. The second kappa shape index (κ2) is 5.31. The maximum atomic E-state index is 5.69. The molecule has 1 aromatic heterocycles. The van der Waals surface area contributed by atoms with Gasteiger partial charge in [0.05, 0.1) is 11.0 Å². The maximum Gasteiger partial charge on any atom is 0.111 e. The molecular formula is C15H22N4. The van der Waals surface area contributed by atoms with Gasteiger partial charge in [-0.2, -0.15) is 0 Å². The van der Waals surface area contributed by atoms with Crippen molar-refractivity contribution in [2.24, 2.45) is 11.8 Å². The number of hydrogen-bond acceptors (Lipinski definition) is 3. The fourth-order valence-corrected chi connectivity index (χ4v) is 2.81. The summed E-state index contributed by atoms with van der Waals surface area (Å²) in [7, 11) is 0. The van der Waals surface area contributed by atoms with Gasteiger partial charge in [-0.25, -0.2) is 4.98 Å². The first-order chi connectivity index (χ1) is 9.33. The van der Waals surface area contributed by atoms with E-state index in [9.17, 15) is 0 Å². The Labute approximate surface area is 114 Å². The van der Waals surface area contributed by atoms with Gasteiger partial charge in [0.1, 0.15) is 5.82 Å².